The van der Waals surface area contributed by atoms with Gasteiger partial charge in [0.2, 0.25) is 0 Å². The average molecular weight is 319 g/mol. The standard InChI is InChI=1S/C15H11ClN2O4/c16-10-7-5-9(6-8-10)13(19)17-18-14(20)11-3-1-2-4-12(11)15(21)22/h1-8H,(H,17,19)(H,18,20)(H,21,22). The molecule has 0 saturated heterocycles. The summed E-state index contributed by atoms with van der Waals surface area (Å²) in [5.74, 6) is -2.49. The van der Waals surface area contributed by atoms with Crippen molar-refractivity contribution in [1.29, 1.82) is 0 Å². The predicted molar refractivity (Wildman–Crippen MR) is 79.8 cm³/mol. The minimum Gasteiger partial charge on any atom is -0.478 e. The molecule has 0 atom stereocenters. The van der Waals surface area contributed by atoms with Gasteiger partial charge in [-0.2, -0.15) is 0 Å². The molecule has 22 heavy (non-hydrogen) atoms. The minimum absolute atomic E-state index is 0.0496. The second-order valence-corrected chi connectivity index (χ2v) is 4.70. The molecule has 0 aliphatic rings. The van der Waals surface area contributed by atoms with E-state index in [9.17, 15) is 14.4 Å². The van der Waals surface area contributed by atoms with E-state index in [2.05, 4.69) is 10.9 Å². The van der Waals surface area contributed by atoms with Crippen LogP contribution in [0, 0.1) is 0 Å². The van der Waals surface area contributed by atoms with Crippen molar-refractivity contribution < 1.29 is 19.5 Å². The fraction of sp³-hybridized carbons (Fsp3) is 0. The van der Waals surface area contributed by atoms with E-state index in [1.165, 1.54) is 48.5 Å². The Bertz CT molecular complexity index is 729. The van der Waals surface area contributed by atoms with Gasteiger partial charge in [0.25, 0.3) is 11.8 Å². The van der Waals surface area contributed by atoms with Crippen LogP contribution in [0.1, 0.15) is 31.1 Å². The molecule has 6 nitrogen and oxygen atoms in total. The Kier molecular flexibility index (Phi) is 4.75. The van der Waals surface area contributed by atoms with Crippen molar-refractivity contribution in [3.63, 3.8) is 0 Å². The lowest BCUT2D eigenvalue weighted by Gasteiger charge is -2.09. The number of rotatable bonds is 3. The van der Waals surface area contributed by atoms with Gasteiger partial charge in [-0.25, -0.2) is 4.79 Å². The van der Waals surface area contributed by atoms with E-state index in [0.29, 0.717) is 10.6 Å². The van der Waals surface area contributed by atoms with E-state index in [1.54, 1.807) is 0 Å². The molecule has 0 aliphatic heterocycles. The number of benzene rings is 2. The Morgan fingerprint density at radius 2 is 1.36 bits per heavy atom. The monoisotopic (exact) mass is 318 g/mol. The quantitative estimate of drug-likeness (QED) is 0.755. The summed E-state index contributed by atoms with van der Waals surface area (Å²) in [7, 11) is 0. The van der Waals surface area contributed by atoms with Crippen molar-refractivity contribution in [1.82, 2.24) is 10.9 Å². The zero-order valence-corrected chi connectivity index (χ0v) is 11.9. The summed E-state index contributed by atoms with van der Waals surface area (Å²) in [5, 5.41) is 9.50. The number of carboxylic acids is 1. The first-order chi connectivity index (χ1) is 10.5. The zero-order valence-electron chi connectivity index (χ0n) is 11.2. The molecule has 0 bridgehead atoms. The SMILES string of the molecule is O=C(NNC(=O)c1ccccc1C(=O)O)c1ccc(Cl)cc1. The topological polar surface area (TPSA) is 95.5 Å². The highest BCUT2D eigenvalue weighted by Crippen LogP contribution is 2.10. The number of hydrazine groups is 1. The largest absolute Gasteiger partial charge is 0.478 e. The van der Waals surface area contributed by atoms with Crippen molar-refractivity contribution in [2.75, 3.05) is 0 Å². The van der Waals surface area contributed by atoms with Crippen molar-refractivity contribution in [3.8, 4) is 0 Å². The van der Waals surface area contributed by atoms with Gasteiger partial charge >= 0.3 is 5.97 Å². The molecule has 0 saturated carbocycles. The van der Waals surface area contributed by atoms with Crippen LogP contribution in [0.25, 0.3) is 0 Å². The average Bonchev–Trinajstić information content (AvgIpc) is 2.53. The van der Waals surface area contributed by atoms with Crippen LogP contribution in [0.3, 0.4) is 0 Å². The number of nitrogens with one attached hydrogen (secondary N) is 2. The lowest BCUT2D eigenvalue weighted by atomic mass is 10.1. The molecule has 0 aliphatic carbocycles. The van der Waals surface area contributed by atoms with Crippen LogP contribution in [-0.4, -0.2) is 22.9 Å². The number of carbonyl (C=O) groups is 3. The molecule has 3 N–H and O–H groups in total. The number of aromatic carboxylic acids is 1. The molecule has 2 aromatic carbocycles. The van der Waals surface area contributed by atoms with Crippen LogP contribution in [0.5, 0.6) is 0 Å². The van der Waals surface area contributed by atoms with Gasteiger partial charge in [0.15, 0.2) is 0 Å². The van der Waals surface area contributed by atoms with E-state index < -0.39 is 17.8 Å². The molecule has 0 aromatic heterocycles. The summed E-state index contributed by atoms with van der Waals surface area (Å²) in [6.45, 7) is 0. The van der Waals surface area contributed by atoms with Crippen LogP contribution in [-0.2, 0) is 0 Å². The Morgan fingerprint density at radius 1 is 0.818 bits per heavy atom. The maximum Gasteiger partial charge on any atom is 0.336 e. The van der Waals surface area contributed by atoms with E-state index in [-0.39, 0.29) is 11.1 Å². The molecule has 112 valence electrons. The summed E-state index contributed by atoms with van der Waals surface area (Å²) >= 11 is 5.71. The molecule has 0 radical (unpaired) electrons. The zero-order chi connectivity index (χ0) is 16.1. The summed E-state index contributed by atoms with van der Waals surface area (Å²) in [6.07, 6.45) is 0. The number of carbonyl (C=O) groups excluding carboxylic acids is 2. The minimum atomic E-state index is -1.23. The summed E-state index contributed by atoms with van der Waals surface area (Å²) < 4.78 is 0. The predicted octanol–water partition coefficient (Wildman–Crippen LogP) is 2.11. The maximum atomic E-state index is 11.9. The molecule has 2 rings (SSSR count). The van der Waals surface area contributed by atoms with Crippen LogP contribution in [0.15, 0.2) is 48.5 Å². The van der Waals surface area contributed by atoms with Crippen LogP contribution < -0.4 is 10.9 Å². The first-order valence-corrected chi connectivity index (χ1v) is 6.55. The van der Waals surface area contributed by atoms with Crippen LogP contribution >= 0.6 is 11.6 Å². The van der Waals surface area contributed by atoms with Gasteiger partial charge in [0.05, 0.1) is 11.1 Å². The lowest BCUT2D eigenvalue weighted by molar-refractivity contribution is 0.0690. The Hall–Kier alpha value is -2.86. The second-order valence-electron chi connectivity index (χ2n) is 4.27. The Morgan fingerprint density at radius 3 is 1.95 bits per heavy atom. The third kappa shape index (κ3) is 3.62. The van der Waals surface area contributed by atoms with Crippen molar-refractivity contribution in [2.45, 2.75) is 0 Å². The third-order valence-electron chi connectivity index (χ3n) is 2.80. The summed E-state index contributed by atoms with van der Waals surface area (Å²) in [6, 6.07) is 11.8. The molecule has 2 amide bonds. The highest BCUT2D eigenvalue weighted by atomic mass is 35.5. The van der Waals surface area contributed by atoms with Gasteiger partial charge in [0.1, 0.15) is 0 Å². The molecule has 7 heteroatoms. The normalized spacial score (nSPS) is 9.86. The summed E-state index contributed by atoms with van der Waals surface area (Å²) in [4.78, 5) is 34.8. The van der Waals surface area contributed by atoms with Crippen LogP contribution in [0.2, 0.25) is 5.02 Å². The number of halogens is 1. The van der Waals surface area contributed by atoms with E-state index in [0.717, 1.165) is 0 Å². The molecular formula is C15H11ClN2O4. The van der Waals surface area contributed by atoms with Gasteiger partial charge in [-0.3, -0.25) is 20.4 Å². The van der Waals surface area contributed by atoms with Gasteiger partial charge in [0, 0.05) is 10.6 Å². The fourth-order valence-electron chi connectivity index (χ4n) is 1.72. The molecule has 0 spiro atoms. The fourth-order valence-corrected chi connectivity index (χ4v) is 1.85. The number of amides is 2. The Labute approximate surface area is 130 Å². The molecule has 0 fully saturated rings. The summed E-state index contributed by atoms with van der Waals surface area (Å²) in [5.41, 5.74) is 4.48. The lowest BCUT2D eigenvalue weighted by Crippen LogP contribution is -2.42. The number of hydrogen-bond acceptors (Lipinski definition) is 3. The highest BCUT2D eigenvalue weighted by molar-refractivity contribution is 6.30. The molecule has 0 heterocycles. The van der Waals surface area contributed by atoms with Gasteiger partial charge in [-0.1, -0.05) is 23.7 Å². The van der Waals surface area contributed by atoms with Crippen molar-refractivity contribution in [2.24, 2.45) is 0 Å². The molecule has 0 unspecified atom stereocenters. The van der Waals surface area contributed by atoms with Crippen molar-refractivity contribution >= 4 is 29.4 Å². The number of carboxylic acid groups (broad SMARTS) is 1. The van der Waals surface area contributed by atoms with Gasteiger partial charge in [-0.15, -0.1) is 0 Å². The Balaban J connectivity index is 2.06. The van der Waals surface area contributed by atoms with Crippen molar-refractivity contribution in [3.05, 3.63) is 70.2 Å². The van der Waals surface area contributed by atoms with E-state index in [1.807, 2.05) is 0 Å². The molecular weight excluding hydrogens is 308 g/mol. The third-order valence-corrected chi connectivity index (χ3v) is 3.05. The second kappa shape index (κ2) is 6.73. The highest BCUT2D eigenvalue weighted by Gasteiger charge is 2.16. The molecule has 2 aromatic rings. The maximum absolute atomic E-state index is 11.9. The van der Waals surface area contributed by atoms with E-state index >= 15 is 0 Å². The first kappa shape index (κ1) is 15.5. The van der Waals surface area contributed by atoms with Gasteiger partial charge < -0.3 is 5.11 Å². The number of hydrogen-bond donors (Lipinski definition) is 3. The van der Waals surface area contributed by atoms with E-state index in [4.69, 9.17) is 16.7 Å². The van der Waals surface area contributed by atoms with Gasteiger partial charge in [-0.05, 0) is 36.4 Å². The smallest absolute Gasteiger partial charge is 0.336 e. The first-order valence-electron chi connectivity index (χ1n) is 6.17. The van der Waals surface area contributed by atoms with Crippen LogP contribution in [0.4, 0.5) is 0 Å².